The van der Waals surface area contributed by atoms with Crippen molar-refractivity contribution in [3.05, 3.63) is 33.7 Å². The average Bonchev–Trinajstić information content (AvgIpc) is 2.74. The van der Waals surface area contributed by atoms with E-state index in [0.717, 1.165) is 22.2 Å². The van der Waals surface area contributed by atoms with Gasteiger partial charge < -0.3 is 5.43 Å². The van der Waals surface area contributed by atoms with Crippen molar-refractivity contribution >= 4 is 17.2 Å². The smallest absolute Gasteiger partial charge is 0.143 e. The molecule has 2 aromatic rings. The number of hydrogen-bond donors (Lipinski definition) is 2. The zero-order valence-electron chi connectivity index (χ0n) is 10.8. The summed E-state index contributed by atoms with van der Waals surface area (Å²) in [4.78, 5) is 13.3. The standard InChI is InChI=1S/C12H17N5S/c1-7(2)9-4-11(17-13)16-10(15-9)5-12-14-8(3)6-18-12/h4,6-7H,5,13H2,1-3H3,(H,15,16,17). The maximum atomic E-state index is 5.43. The molecular formula is C12H17N5S. The number of hydrazine groups is 1. The quantitative estimate of drug-likeness (QED) is 0.653. The minimum atomic E-state index is 0.344. The van der Waals surface area contributed by atoms with Crippen LogP contribution in [0.25, 0.3) is 0 Å². The lowest BCUT2D eigenvalue weighted by Gasteiger charge is -2.09. The summed E-state index contributed by atoms with van der Waals surface area (Å²) in [5.41, 5.74) is 4.61. The van der Waals surface area contributed by atoms with Crippen molar-refractivity contribution < 1.29 is 0 Å². The Hall–Kier alpha value is -1.53. The van der Waals surface area contributed by atoms with E-state index in [2.05, 4.69) is 34.2 Å². The third-order valence-electron chi connectivity index (χ3n) is 2.51. The Labute approximate surface area is 110 Å². The van der Waals surface area contributed by atoms with Crippen molar-refractivity contribution in [2.45, 2.75) is 33.1 Å². The molecule has 0 fully saturated rings. The molecule has 2 aromatic heterocycles. The largest absolute Gasteiger partial charge is 0.308 e. The average molecular weight is 263 g/mol. The number of anilines is 1. The molecule has 6 heteroatoms. The molecule has 5 nitrogen and oxygen atoms in total. The van der Waals surface area contributed by atoms with Crippen LogP contribution in [0.15, 0.2) is 11.4 Å². The minimum Gasteiger partial charge on any atom is -0.308 e. The van der Waals surface area contributed by atoms with E-state index in [-0.39, 0.29) is 0 Å². The van der Waals surface area contributed by atoms with E-state index in [0.29, 0.717) is 18.2 Å². The van der Waals surface area contributed by atoms with Crippen molar-refractivity contribution in [3.63, 3.8) is 0 Å². The zero-order valence-corrected chi connectivity index (χ0v) is 11.6. The molecule has 3 N–H and O–H groups in total. The van der Waals surface area contributed by atoms with Gasteiger partial charge in [0.05, 0.1) is 6.42 Å². The predicted molar refractivity (Wildman–Crippen MR) is 73.6 cm³/mol. The number of hydrogen-bond acceptors (Lipinski definition) is 6. The van der Waals surface area contributed by atoms with Gasteiger partial charge in [-0.05, 0) is 12.8 Å². The Morgan fingerprint density at radius 2 is 2.11 bits per heavy atom. The first-order valence-corrected chi connectivity index (χ1v) is 6.72. The normalized spacial score (nSPS) is 10.9. The van der Waals surface area contributed by atoms with Gasteiger partial charge in [0.2, 0.25) is 0 Å². The molecule has 18 heavy (non-hydrogen) atoms. The van der Waals surface area contributed by atoms with Gasteiger partial charge in [-0.15, -0.1) is 11.3 Å². The number of nitrogens with zero attached hydrogens (tertiary/aromatic N) is 3. The Bertz CT molecular complexity index is 535. The lowest BCUT2D eigenvalue weighted by Crippen LogP contribution is -2.12. The Kier molecular flexibility index (Phi) is 3.88. The summed E-state index contributed by atoms with van der Waals surface area (Å²) in [5, 5.41) is 3.06. The number of nitrogen functional groups attached to an aromatic ring is 1. The first-order chi connectivity index (χ1) is 8.58. The number of aryl methyl sites for hydroxylation is 1. The first kappa shape index (κ1) is 12.9. The number of nitrogens with two attached hydrogens (primary N) is 1. The summed E-state index contributed by atoms with van der Waals surface area (Å²) in [7, 11) is 0. The van der Waals surface area contributed by atoms with E-state index in [9.17, 15) is 0 Å². The number of rotatable bonds is 4. The van der Waals surface area contributed by atoms with Gasteiger partial charge in [0.25, 0.3) is 0 Å². The number of nitrogens with one attached hydrogen (secondary N) is 1. The van der Waals surface area contributed by atoms with E-state index < -0.39 is 0 Å². The van der Waals surface area contributed by atoms with E-state index in [1.54, 1.807) is 11.3 Å². The van der Waals surface area contributed by atoms with Crippen molar-refractivity contribution in [2.75, 3.05) is 5.43 Å². The van der Waals surface area contributed by atoms with Gasteiger partial charge >= 0.3 is 0 Å². The molecule has 0 spiro atoms. The highest BCUT2D eigenvalue weighted by molar-refractivity contribution is 7.09. The van der Waals surface area contributed by atoms with Crippen molar-refractivity contribution in [1.82, 2.24) is 15.0 Å². The van der Waals surface area contributed by atoms with Crippen LogP contribution in [-0.2, 0) is 6.42 Å². The van der Waals surface area contributed by atoms with Gasteiger partial charge in [-0.3, -0.25) is 0 Å². The molecule has 2 rings (SSSR count). The predicted octanol–water partition coefficient (Wildman–Crippen LogP) is 2.24. The van der Waals surface area contributed by atoms with Crippen LogP contribution in [0.5, 0.6) is 0 Å². The topological polar surface area (TPSA) is 76.7 Å². The molecule has 0 aliphatic carbocycles. The van der Waals surface area contributed by atoms with Crippen LogP contribution < -0.4 is 11.3 Å². The maximum absolute atomic E-state index is 5.43. The summed E-state index contributed by atoms with van der Waals surface area (Å²) < 4.78 is 0. The summed E-state index contributed by atoms with van der Waals surface area (Å²) >= 11 is 1.63. The van der Waals surface area contributed by atoms with Crippen LogP contribution in [0.1, 0.15) is 42.0 Å². The molecule has 0 aromatic carbocycles. The van der Waals surface area contributed by atoms with Crippen molar-refractivity contribution in [2.24, 2.45) is 5.84 Å². The molecular weight excluding hydrogens is 246 g/mol. The highest BCUT2D eigenvalue weighted by Gasteiger charge is 2.09. The third-order valence-corrected chi connectivity index (χ3v) is 3.47. The Morgan fingerprint density at radius 1 is 1.33 bits per heavy atom. The Morgan fingerprint density at radius 3 is 2.67 bits per heavy atom. The second-order valence-electron chi connectivity index (χ2n) is 4.45. The highest BCUT2D eigenvalue weighted by atomic mass is 32.1. The maximum Gasteiger partial charge on any atom is 0.143 e. The number of aromatic nitrogens is 3. The van der Waals surface area contributed by atoms with E-state index in [1.807, 2.05) is 18.4 Å². The molecule has 0 aliphatic rings. The van der Waals surface area contributed by atoms with Gasteiger partial charge in [-0.2, -0.15) is 0 Å². The van der Waals surface area contributed by atoms with Gasteiger partial charge in [0, 0.05) is 22.8 Å². The van der Waals surface area contributed by atoms with Gasteiger partial charge in [-0.25, -0.2) is 20.8 Å². The fraction of sp³-hybridized carbons (Fsp3) is 0.417. The second kappa shape index (κ2) is 5.41. The molecule has 0 unspecified atom stereocenters. The summed E-state index contributed by atoms with van der Waals surface area (Å²) in [6.45, 7) is 6.18. The minimum absolute atomic E-state index is 0.344. The molecule has 0 saturated heterocycles. The van der Waals surface area contributed by atoms with Gasteiger partial charge in [-0.1, -0.05) is 13.8 Å². The summed E-state index contributed by atoms with van der Waals surface area (Å²) in [6, 6.07) is 1.88. The van der Waals surface area contributed by atoms with Crippen LogP contribution in [0.3, 0.4) is 0 Å². The third kappa shape index (κ3) is 3.02. The van der Waals surface area contributed by atoms with Crippen molar-refractivity contribution in [3.8, 4) is 0 Å². The molecule has 0 aliphatic heterocycles. The fourth-order valence-electron chi connectivity index (χ4n) is 1.59. The van der Waals surface area contributed by atoms with E-state index in [4.69, 9.17) is 5.84 Å². The van der Waals surface area contributed by atoms with Crippen LogP contribution in [0.2, 0.25) is 0 Å². The monoisotopic (exact) mass is 263 g/mol. The van der Waals surface area contributed by atoms with Crippen LogP contribution >= 0.6 is 11.3 Å². The van der Waals surface area contributed by atoms with Crippen molar-refractivity contribution in [1.29, 1.82) is 0 Å². The molecule has 0 bridgehead atoms. The molecule has 0 amide bonds. The zero-order chi connectivity index (χ0) is 13.1. The second-order valence-corrected chi connectivity index (χ2v) is 5.40. The van der Waals surface area contributed by atoms with Gasteiger partial charge in [0.1, 0.15) is 16.6 Å². The first-order valence-electron chi connectivity index (χ1n) is 5.84. The fourth-order valence-corrected chi connectivity index (χ4v) is 2.35. The van der Waals surface area contributed by atoms with Gasteiger partial charge in [0.15, 0.2) is 0 Å². The molecule has 0 radical (unpaired) electrons. The van der Waals surface area contributed by atoms with Crippen LogP contribution in [0.4, 0.5) is 5.82 Å². The number of thiazole rings is 1. The summed E-state index contributed by atoms with van der Waals surface area (Å²) in [6.07, 6.45) is 0.647. The molecule has 0 atom stereocenters. The summed E-state index contributed by atoms with van der Waals surface area (Å²) in [5.74, 6) is 7.18. The van der Waals surface area contributed by atoms with Crippen LogP contribution in [0, 0.1) is 6.92 Å². The lowest BCUT2D eigenvalue weighted by atomic mass is 10.1. The lowest BCUT2D eigenvalue weighted by molar-refractivity contribution is 0.791. The van der Waals surface area contributed by atoms with E-state index >= 15 is 0 Å². The molecule has 2 heterocycles. The highest BCUT2D eigenvalue weighted by Crippen LogP contribution is 2.18. The Balaban J connectivity index is 2.29. The van der Waals surface area contributed by atoms with E-state index in [1.165, 1.54) is 0 Å². The van der Waals surface area contributed by atoms with Crippen LogP contribution in [-0.4, -0.2) is 15.0 Å². The molecule has 0 saturated carbocycles. The SMILES string of the molecule is Cc1csc(Cc2nc(NN)cc(C(C)C)n2)n1. The molecule has 96 valence electrons.